The summed E-state index contributed by atoms with van der Waals surface area (Å²) in [7, 11) is 4.11. The maximum absolute atomic E-state index is 6.00. The van der Waals surface area contributed by atoms with E-state index >= 15 is 0 Å². The first-order chi connectivity index (χ1) is 12.7. The highest BCUT2D eigenvalue weighted by Gasteiger charge is 2.36. The first-order valence-electron chi connectivity index (χ1n) is 9.28. The van der Waals surface area contributed by atoms with Crippen LogP contribution in [0.15, 0.2) is 30.5 Å². The third kappa shape index (κ3) is 3.90. The lowest BCUT2D eigenvalue weighted by Crippen LogP contribution is -2.47. The number of likely N-dealkylation sites (tertiary alicyclic amines) is 1. The van der Waals surface area contributed by atoms with Crippen LogP contribution >= 0.6 is 0 Å². The van der Waals surface area contributed by atoms with Gasteiger partial charge in [-0.25, -0.2) is 4.68 Å². The van der Waals surface area contributed by atoms with Gasteiger partial charge in [-0.3, -0.25) is 4.90 Å². The summed E-state index contributed by atoms with van der Waals surface area (Å²) >= 11 is 0. The highest BCUT2D eigenvalue weighted by molar-refractivity contribution is 5.28. The van der Waals surface area contributed by atoms with Gasteiger partial charge >= 0.3 is 0 Å². The summed E-state index contributed by atoms with van der Waals surface area (Å²) < 4.78 is 13.9. The van der Waals surface area contributed by atoms with Crippen LogP contribution in [0.3, 0.4) is 0 Å². The molecule has 0 saturated carbocycles. The maximum Gasteiger partial charge on any atom is 0.119 e. The van der Waals surface area contributed by atoms with E-state index in [2.05, 4.69) is 57.1 Å². The lowest BCUT2D eigenvalue weighted by Gasteiger charge is -2.41. The van der Waals surface area contributed by atoms with Gasteiger partial charge in [0.25, 0.3) is 0 Å². The summed E-state index contributed by atoms with van der Waals surface area (Å²) in [6.45, 7) is 5.14. The van der Waals surface area contributed by atoms with Gasteiger partial charge in [0.15, 0.2) is 0 Å². The summed E-state index contributed by atoms with van der Waals surface area (Å²) in [4.78, 5) is 4.60. The Kier molecular flexibility index (Phi) is 5.19. The lowest BCUT2D eigenvalue weighted by molar-refractivity contribution is -0.0669. The molecule has 0 unspecified atom stereocenters. The van der Waals surface area contributed by atoms with E-state index in [0.29, 0.717) is 13.2 Å². The molecule has 1 aromatic heterocycles. The number of benzene rings is 1. The maximum atomic E-state index is 6.00. The number of hydrogen-bond acceptors (Lipinski definition) is 6. The zero-order chi connectivity index (χ0) is 17.9. The second-order valence-electron chi connectivity index (χ2n) is 7.41. The van der Waals surface area contributed by atoms with Crippen LogP contribution in [0.1, 0.15) is 23.7 Å². The zero-order valence-electron chi connectivity index (χ0n) is 15.5. The smallest absolute Gasteiger partial charge is 0.119 e. The Morgan fingerprint density at radius 3 is 3.15 bits per heavy atom. The summed E-state index contributed by atoms with van der Waals surface area (Å²) in [5.41, 5.74) is 2.35. The van der Waals surface area contributed by atoms with Crippen molar-refractivity contribution in [1.82, 2.24) is 24.8 Å². The predicted molar refractivity (Wildman–Crippen MR) is 98.0 cm³/mol. The minimum atomic E-state index is 0.251. The molecular weight excluding hydrogens is 330 g/mol. The summed E-state index contributed by atoms with van der Waals surface area (Å²) in [6, 6.07) is 8.69. The van der Waals surface area contributed by atoms with Crippen molar-refractivity contribution in [3.8, 4) is 5.75 Å². The molecule has 4 rings (SSSR count). The zero-order valence-corrected chi connectivity index (χ0v) is 15.5. The quantitative estimate of drug-likeness (QED) is 0.782. The Labute approximate surface area is 154 Å². The van der Waals surface area contributed by atoms with E-state index in [1.54, 1.807) is 0 Å². The van der Waals surface area contributed by atoms with E-state index in [1.165, 1.54) is 5.56 Å². The Bertz CT molecular complexity index is 732. The van der Waals surface area contributed by atoms with Crippen LogP contribution in [0, 0.1) is 0 Å². The SMILES string of the molecule is CN(C)CCOc1cccc(CN2CC[C@@H]3OCc4cnnn4[C@@H]3C2)c1. The van der Waals surface area contributed by atoms with Gasteiger partial charge in [0.1, 0.15) is 12.4 Å². The van der Waals surface area contributed by atoms with Crippen molar-refractivity contribution in [2.75, 3.05) is 40.3 Å². The molecule has 2 atom stereocenters. The third-order valence-corrected chi connectivity index (χ3v) is 5.12. The minimum Gasteiger partial charge on any atom is -0.492 e. The van der Waals surface area contributed by atoms with Crippen molar-refractivity contribution in [3.05, 3.63) is 41.7 Å². The normalized spacial score (nSPS) is 22.9. The molecule has 2 aliphatic heterocycles. The molecular formula is C19H27N5O2. The van der Waals surface area contributed by atoms with Gasteiger partial charge in [-0.15, -0.1) is 5.10 Å². The summed E-state index contributed by atoms with van der Waals surface area (Å²) in [5.74, 6) is 0.943. The number of aromatic nitrogens is 3. The van der Waals surface area contributed by atoms with Crippen molar-refractivity contribution in [2.45, 2.75) is 31.7 Å². The van der Waals surface area contributed by atoms with E-state index in [9.17, 15) is 0 Å². The van der Waals surface area contributed by atoms with E-state index in [1.807, 2.05) is 12.3 Å². The Balaban J connectivity index is 1.38. The standard InChI is InChI=1S/C19H27N5O2/c1-22(2)8-9-25-17-5-3-4-15(10-17)12-23-7-6-19-18(13-23)24-16(14-26-19)11-20-21-24/h3-5,10-11,18-19H,6-9,12-14H2,1-2H3/t18-,19+/m1/s1. The number of hydrogen-bond donors (Lipinski definition) is 0. The fourth-order valence-corrected chi connectivity index (χ4v) is 3.73. The predicted octanol–water partition coefficient (Wildman–Crippen LogP) is 1.56. The molecule has 3 heterocycles. The number of fused-ring (bicyclic) bond motifs is 3. The van der Waals surface area contributed by atoms with E-state index < -0.39 is 0 Å². The average molecular weight is 357 g/mol. The fourth-order valence-electron chi connectivity index (χ4n) is 3.73. The molecule has 2 aromatic rings. The van der Waals surface area contributed by atoms with Crippen molar-refractivity contribution < 1.29 is 9.47 Å². The Morgan fingerprint density at radius 2 is 2.27 bits per heavy atom. The highest BCUT2D eigenvalue weighted by Crippen LogP contribution is 2.30. The van der Waals surface area contributed by atoms with Crippen LogP contribution in [0.25, 0.3) is 0 Å². The van der Waals surface area contributed by atoms with Crippen molar-refractivity contribution >= 4 is 0 Å². The van der Waals surface area contributed by atoms with E-state index in [4.69, 9.17) is 9.47 Å². The van der Waals surface area contributed by atoms with Gasteiger partial charge in [-0.05, 0) is 38.2 Å². The molecule has 1 fully saturated rings. The number of ether oxygens (including phenoxy) is 2. The van der Waals surface area contributed by atoms with Crippen LogP contribution < -0.4 is 4.74 Å². The molecule has 7 nitrogen and oxygen atoms in total. The number of likely N-dealkylation sites (N-methyl/N-ethyl adjacent to an activating group) is 1. The van der Waals surface area contributed by atoms with Gasteiger partial charge in [-0.2, -0.15) is 0 Å². The molecule has 140 valence electrons. The second kappa shape index (κ2) is 7.73. The van der Waals surface area contributed by atoms with Crippen molar-refractivity contribution in [2.24, 2.45) is 0 Å². The topological polar surface area (TPSA) is 55.6 Å². The molecule has 0 spiro atoms. The summed E-state index contributed by atoms with van der Waals surface area (Å²) in [5, 5.41) is 8.33. The first-order valence-corrected chi connectivity index (χ1v) is 9.28. The number of rotatable bonds is 6. The fraction of sp³-hybridized carbons (Fsp3) is 0.579. The molecule has 0 amide bonds. The number of piperidine rings is 1. The third-order valence-electron chi connectivity index (χ3n) is 5.12. The van der Waals surface area contributed by atoms with Crippen LogP contribution in [-0.2, 0) is 17.9 Å². The Morgan fingerprint density at radius 1 is 1.35 bits per heavy atom. The number of nitrogens with zero attached hydrogens (tertiary/aromatic N) is 5. The van der Waals surface area contributed by atoms with Crippen LogP contribution in [0.2, 0.25) is 0 Å². The second-order valence-corrected chi connectivity index (χ2v) is 7.41. The minimum absolute atomic E-state index is 0.251. The monoisotopic (exact) mass is 357 g/mol. The molecule has 1 saturated heterocycles. The van der Waals surface area contributed by atoms with Gasteiger partial charge in [-0.1, -0.05) is 17.3 Å². The molecule has 7 heteroatoms. The van der Waals surface area contributed by atoms with Gasteiger partial charge in [0, 0.05) is 26.2 Å². The molecule has 0 aliphatic carbocycles. The molecule has 0 bridgehead atoms. The largest absolute Gasteiger partial charge is 0.492 e. The lowest BCUT2D eigenvalue weighted by atomic mass is 10.00. The van der Waals surface area contributed by atoms with Gasteiger partial charge < -0.3 is 14.4 Å². The average Bonchev–Trinajstić information content (AvgIpc) is 3.11. The molecule has 2 aliphatic rings. The van der Waals surface area contributed by atoms with Crippen LogP contribution in [0.5, 0.6) is 5.75 Å². The molecule has 1 aromatic carbocycles. The first kappa shape index (κ1) is 17.5. The van der Waals surface area contributed by atoms with Crippen LogP contribution in [0.4, 0.5) is 0 Å². The summed E-state index contributed by atoms with van der Waals surface area (Å²) in [6.07, 6.45) is 3.09. The molecule has 0 N–H and O–H groups in total. The highest BCUT2D eigenvalue weighted by atomic mass is 16.5. The van der Waals surface area contributed by atoms with Gasteiger partial charge in [0.2, 0.25) is 0 Å². The van der Waals surface area contributed by atoms with Crippen LogP contribution in [-0.4, -0.2) is 71.2 Å². The molecule has 0 radical (unpaired) electrons. The van der Waals surface area contributed by atoms with Crippen molar-refractivity contribution in [1.29, 1.82) is 0 Å². The van der Waals surface area contributed by atoms with E-state index in [0.717, 1.165) is 44.0 Å². The van der Waals surface area contributed by atoms with E-state index in [-0.39, 0.29) is 12.1 Å². The Hall–Kier alpha value is -1.96. The molecule has 26 heavy (non-hydrogen) atoms. The van der Waals surface area contributed by atoms with Gasteiger partial charge in [0.05, 0.1) is 30.6 Å². The van der Waals surface area contributed by atoms with Crippen molar-refractivity contribution in [3.63, 3.8) is 0 Å².